The summed E-state index contributed by atoms with van der Waals surface area (Å²) in [6.07, 6.45) is 3.93. The number of aliphatic hydroxyl groups excluding tert-OH is 1. The van der Waals surface area contributed by atoms with Crippen molar-refractivity contribution in [2.75, 3.05) is 32.7 Å². The summed E-state index contributed by atoms with van der Waals surface area (Å²) in [7, 11) is 0. The fraction of sp³-hybridized carbons (Fsp3) is 0.611. The molecule has 0 saturated carbocycles. The molecule has 2 saturated heterocycles. The van der Waals surface area contributed by atoms with E-state index in [9.17, 15) is 9.50 Å². The Labute approximate surface area is 141 Å². The molecule has 130 valence electrons. The number of aromatic amines is 1. The molecule has 1 aromatic carbocycles. The predicted molar refractivity (Wildman–Crippen MR) is 91.3 cm³/mol. The molecule has 1 aromatic heterocycles. The second kappa shape index (κ2) is 6.78. The fourth-order valence-electron chi connectivity index (χ4n) is 3.98. The number of aliphatic hydroxyl groups is 1. The predicted octanol–water partition coefficient (Wildman–Crippen LogP) is 2.30. The second-order valence-electron chi connectivity index (χ2n) is 7.05. The highest BCUT2D eigenvalue weighted by Gasteiger charge is 2.29. The summed E-state index contributed by atoms with van der Waals surface area (Å²) in [5.41, 5.74) is 1.62. The number of hydrogen-bond acceptors (Lipinski definition) is 4. The normalized spacial score (nSPS) is 24.2. The van der Waals surface area contributed by atoms with Crippen LogP contribution >= 0.6 is 0 Å². The van der Waals surface area contributed by atoms with Crippen molar-refractivity contribution in [3.63, 3.8) is 0 Å². The van der Waals surface area contributed by atoms with Crippen LogP contribution in [-0.4, -0.2) is 63.7 Å². The molecule has 0 aliphatic carbocycles. The van der Waals surface area contributed by atoms with Crippen LogP contribution in [0.15, 0.2) is 18.2 Å². The van der Waals surface area contributed by atoms with Gasteiger partial charge in [0, 0.05) is 26.2 Å². The Hall–Kier alpha value is -1.50. The smallest absolute Gasteiger partial charge is 0.125 e. The van der Waals surface area contributed by atoms with E-state index < -0.39 is 0 Å². The third-order valence-corrected chi connectivity index (χ3v) is 5.40. The lowest BCUT2D eigenvalue weighted by atomic mass is 10.1. The molecule has 24 heavy (non-hydrogen) atoms. The number of hydrogen-bond donors (Lipinski definition) is 2. The average molecular weight is 332 g/mol. The standard InChI is InChI=1S/C18H25FN4O/c19-13-3-4-15-16(12-13)21-18(20-15)17-2-1-7-23(17)11-10-22-8-5-14(24)6-9-22/h3-4,12,14,17,24H,1-2,5-11H2,(H,20,21). The zero-order valence-electron chi connectivity index (χ0n) is 13.9. The van der Waals surface area contributed by atoms with Gasteiger partial charge in [0.1, 0.15) is 11.6 Å². The van der Waals surface area contributed by atoms with Gasteiger partial charge in [0.15, 0.2) is 0 Å². The minimum atomic E-state index is -0.228. The van der Waals surface area contributed by atoms with Crippen LogP contribution in [0.3, 0.4) is 0 Å². The number of imidazole rings is 1. The first-order valence-corrected chi connectivity index (χ1v) is 8.99. The summed E-state index contributed by atoms with van der Waals surface area (Å²) in [4.78, 5) is 12.9. The van der Waals surface area contributed by atoms with Crippen LogP contribution in [0.5, 0.6) is 0 Å². The summed E-state index contributed by atoms with van der Waals surface area (Å²) in [6.45, 7) is 5.13. The minimum absolute atomic E-state index is 0.114. The van der Waals surface area contributed by atoms with E-state index in [4.69, 9.17) is 0 Å². The van der Waals surface area contributed by atoms with Gasteiger partial charge in [-0.3, -0.25) is 4.90 Å². The Balaban J connectivity index is 1.42. The molecule has 2 aliphatic rings. The maximum absolute atomic E-state index is 13.4. The molecular formula is C18H25FN4O. The Morgan fingerprint density at radius 2 is 2.00 bits per heavy atom. The highest BCUT2D eigenvalue weighted by molar-refractivity contribution is 5.75. The van der Waals surface area contributed by atoms with Crippen molar-refractivity contribution >= 4 is 11.0 Å². The van der Waals surface area contributed by atoms with Gasteiger partial charge in [0.2, 0.25) is 0 Å². The monoisotopic (exact) mass is 332 g/mol. The van der Waals surface area contributed by atoms with Crippen LogP contribution in [0, 0.1) is 5.82 Å². The fourth-order valence-corrected chi connectivity index (χ4v) is 3.98. The summed E-state index contributed by atoms with van der Waals surface area (Å²) in [5.74, 6) is 0.732. The number of piperidine rings is 1. The SMILES string of the molecule is OC1CCN(CCN2CCCC2c2nc3ccc(F)cc3[nH]2)CC1. The zero-order chi connectivity index (χ0) is 16.5. The summed E-state index contributed by atoms with van der Waals surface area (Å²) >= 11 is 0. The average Bonchev–Trinajstić information content (AvgIpc) is 3.19. The van der Waals surface area contributed by atoms with Crippen molar-refractivity contribution < 1.29 is 9.50 Å². The molecule has 0 bridgehead atoms. The lowest BCUT2D eigenvalue weighted by molar-refractivity contribution is 0.0754. The third kappa shape index (κ3) is 3.31. The van der Waals surface area contributed by atoms with Crippen molar-refractivity contribution in [1.82, 2.24) is 19.8 Å². The quantitative estimate of drug-likeness (QED) is 0.902. The van der Waals surface area contributed by atoms with Gasteiger partial charge in [-0.25, -0.2) is 9.37 Å². The third-order valence-electron chi connectivity index (χ3n) is 5.40. The van der Waals surface area contributed by atoms with E-state index in [1.165, 1.54) is 18.6 Å². The first-order valence-electron chi connectivity index (χ1n) is 8.99. The van der Waals surface area contributed by atoms with E-state index in [1.807, 2.05) is 0 Å². The molecule has 2 N–H and O–H groups in total. The number of nitrogens with one attached hydrogen (secondary N) is 1. The van der Waals surface area contributed by atoms with Gasteiger partial charge in [0.05, 0.1) is 23.2 Å². The van der Waals surface area contributed by atoms with E-state index in [0.29, 0.717) is 6.04 Å². The topological polar surface area (TPSA) is 55.4 Å². The summed E-state index contributed by atoms with van der Waals surface area (Å²) in [6, 6.07) is 5.02. The molecule has 4 rings (SSSR count). The van der Waals surface area contributed by atoms with Crippen molar-refractivity contribution in [2.24, 2.45) is 0 Å². The van der Waals surface area contributed by atoms with Crippen LogP contribution in [0.1, 0.15) is 37.5 Å². The van der Waals surface area contributed by atoms with Gasteiger partial charge in [-0.1, -0.05) is 0 Å². The van der Waals surface area contributed by atoms with Crippen LogP contribution in [0.25, 0.3) is 11.0 Å². The molecule has 0 spiro atoms. The van der Waals surface area contributed by atoms with Crippen molar-refractivity contribution in [2.45, 2.75) is 37.8 Å². The second-order valence-corrected chi connectivity index (χ2v) is 7.05. The Morgan fingerprint density at radius 3 is 2.83 bits per heavy atom. The molecule has 1 unspecified atom stereocenters. The van der Waals surface area contributed by atoms with Crippen molar-refractivity contribution in [3.8, 4) is 0 Å². The number of fused-ring (bicyclic) bond motifs is 1. The Bertz CT molecular complexity index is 695. The maximum Gasteiger partial charge on any atom is 0.125 e. The van der Waals surface area contributed by atoms with Gasteiger partial charge < -0.3 is 15.0 Å². The largest absolute Gasteiger partial charge is 0.393 e. The van der Waals surface area contributed by atoms with Crippen molar-refractivity contribution in [1.29, 1.82) is 0 Å². The van der Waals surface area contributed by atoms with Gasteiger partial charge in [-0.15, -0.1) is 0 Å². The molecule has 2 aliphatic heterocycles. The van der Waals surface area contributed by atoms with Crippen LogP contribution < -0.4 is 0 Å². The number of aromatic nitrogens is 2. The number of likely N-dealkylation sites (tertiary alicyclic amines) is 2. The molecular weight excluding hydrogens is 307 g/mol. The number of H-pyrrole nitrogens is 1. The van der Waals surface area contributed by atoms with Gasteiger partial charge in [-0.05, 0) is 50.4 Å². The van der Waals surface area contributed by atoms with Crippen molar-refractivity contribution in [3.05, 3.63) is 29.8 Å². The molecule has 1 atom stereocenters. The number of nitrogens with zero attached hydrogens (tertiary/aromatic N) is 3. The van der Waals surface area contributed by atoms with Gasteiger partial charge in [0.25, 0.3) is 0 Å². The van der Waals surface area contributed by atoms with Crippen LogP contribution in [-0.2, 0) is 0 Å². The molecule has 2 aromatic rings. The molecule has 2 fully saturated rings. The molecule has 6 heteroatoms. The van der Waals surface area contributed by atoms with E-state index in [2.05, 4.69) is 19.8 Å². The summed E-state index contributed by atoms with van der Waals surface area (Å²) < 4.78 is 13.4. The first kappa shape index (κ1) is 16.0. The van der Waals surface area contributed by atoms with Crippen LogP contribution in [0.4, 0.5) is 4.39 Å². The van der Waals surface area contributed by atoms with Crippen LogP contribution in [0.2, 0.25) is 0 Å². The number of halogens is 1. The Morgan fingerprint density at radius 1 is 1.17 bits per heavy atom. The van der Waals surface area contributed by atoms with E-state index in [-0.39, 0.29) is 11.9 Å². The van der Waals surface area contributed by atoms with Gasteiger partial charge in [-0.2, -0.15) is 0 Å². The zero-order valence-corrected chi connectivity index (χ0v) is 13.9. The summed E-state index contributed by atoms with van der Waals surface area (Å²) in [5, 5.41) is 9.61. The highest BCUT2D eigenvalue weighted by atomic mass is 19.1. The van der Waals surface area contributed by atoms with E-state index >= 15 is 0 Å². The lowest BCUT2D eigenvalue weighted by Gasteiger charge is -2.32. The molecule has 0 radical (unpaired) electrons. The first-order chi connectivity index (χ1) is 11.7. The maximum atomic E-state index is 13.4. The molecule has 0 amide bonds. The molecule has 5 nitrogen and oxygen atoms in total. The molecule has 3 heterocycles. The highest BCUT2D eigenvalue weighted by Crippen LogP contribution is 2.31. The van der Waals surface area contributed by atoms with Gasteiger partial charge >= 0.3 is 0 Å². The Kier molecular flexibility index (Phi) is 4.52. The minimum Gasteiger partial charge on any atom is -0.393 e. The number of rotatable bonds is 4. The van der Waals surface area contributed by atoms with E-state index in [1.54, 1.807) is 6.07 Å². The number of benzene rings is 1. The lowest BCUT2D eigenvalue weighted by Crippen LogP contribution is -2.40. The van der Waals surface area contributed by atoms with E-state index in [0.717, 1.165) is 68.8 Å².